The number of nitrogens with two attached hydrogens (primary N) is 1. The monoisotopic (exact) mass is 356 g/mol. The summed E-state index contributed by atoms with van der Waals surface area (Å²) < 4.78 is 7.97. The summed E-state index contributed by atoms with van der Waals surface area (Å²) in [7, 11) is 3.60. The van der Waals surface area contributed by atoms with E-state index in [1.165, 1.54) is 0 Å². The Kier molecular flexibility index (Phi) is 6.52. The smallest absolute Gasteiger partial charge is 0.240 e. The topological polar surface area (TPSA) is 81.0 Å². The Morgan fingerprint density at radius 3 is 2.69 bits per heavy atom. The number of hydrazone groups is 1. The molecule has 0 aliphatic carbocycles. The lowest BCUT2D eigenvalue weighted by Gasteiger charge is -2.24. The van der Waals surface area contributed by atoms with Crippen LogP contribution in [0.5, 0.6) is 5.75 Å². The molecule has 2 atom stereocenters. The van der Waals surface area contributed by atoms with E-state index in [-0.39, 0.29) is 12.2 Å². The number of aliphatic imine (C=N–C) groups is 1. The minimum Gasteiger partial charge on any atom is -0.437 e. The number of nitrogens with zero attached hydrogens (tertiary/aromatic N) is 5. The molecule has 1 heterocycles. The minimum atomic E-state index is -0.0898. The summed E-state index contributed by atoms with van der Waals surface area (Å²) in [5.41, 5.74) is 8.89. The molecule has 0 spiro atoms. The van der Waals surface area contributed by atoms with Gasteiger partial charge in [-0.3, -0.25) is 10.0 Å². The number of hydrogen-bond acceptors (Lipinski definition) is 6. The van der Waals surface area contributed by atoms with Gasteiger partial charge in [0.15, 0.2) is 0 Å². The fourth-order valence-electron chi connectivity index (χ4n) is 2.77. The van der Waals surface area contributed by atoms with E-state index in [2.05, 4.69) is 15.2 Å². The van der Waals surface area contributed by atoms with Gasteiger partial charge in [0.05, 0.1) is 0 Å². The largest absolute Gasteiger partial charge is 0.437 e. The van der Waals surface area contributed by atoms with Crippen LogP contribution in [0.1, 0.15) is 49.8 Å². The predicted molar refractivity (Wildman–Crippen MR) is 106 cm³/mol. The number of hydrogen-bond donors (Lipinski definition) is 1. The molecule has 2 rings (SSSR count). The molecule has 26 heavy (non-hydrogen) atoms. The van der Waals surface area contributed by atoms with E-state index in [1.807, 2.05) is 68.7 Å². The van der Waals surface area contributed by atoms with E-state index in [4.69, 9.17) is 10.5 Å². The number of aromatic nitrogens is 2. The van der Waals surface area contributed by atoms with Gasteiger partial charge < -0.3 is 10.5 Å². The van der Waals surface area contributed by atoms with E-state index in [9.17, 15) is 0 Å². The van der Waals surface area contributed by atoms with E-state index in [1.54, 1.807) is 19.5 Å². The maximum atomic E-state index is 6.14. The average molecular weight is 356 g/mol. The Morgan fingerprint density at radius 2 is 2.08 bits per heavy atom. The molecule has 1 aromatic heterocycles. The number of rotatable bonds is 6. The fraction of sp³-hybridized carbons (Fsp3) is 0.421. The molecule has 7 nitrogen and oxygen atoms in total. The standard InChI is InChI=1S/C19H28N6O/c1-7-22-24(6)15(4)25-17(11-12-23-25)19(21-5)26-18-10-8-9-16(13(18)2)14(3)20/h7-12,14-15H,20H2,1-6H3/b21-19+,22-7-. The lowest BCUT2D eigenvalue weighted by atomic mass is 10.0. The quantitative estimate of drug-likeness (QED) is 0.490. The van der Waals surface area contributed by atoms with Gasteiger partial charge in [0.1, 0.15) is 17.6 Å². The molecular formula is C19H28N6O. The highest BCUT2D eigenvalue weighted by Crippen LogP contribution is 2.26. The van der Waals surface area contributed by atoms with Gasteiger partial charge in [-0.15, -0.1) is 0 Å². The summed E-state index contributed by atoms with van der Waals surface area (Å²) in [6.45, 7) is 7.86. The first-order valence-electron chi connectivity index (χ1n) is 8.65. The zero-order chi connectivity index (χ0) is 19.3. The Morgan fingerprint density at radius 1 is 1.35 bits per heavy atom. The van der Waals surface area contributed by atoms with E-state index in [0.29, 0.717) is 5.90 Å². The molecule has 0 saturated heterocycles. The van der Waals surface area contributed by atoms with Crippen LogP contribution in [0, 0.1) is 6.92 Å². The molecule has 0 bridgehead atoms. The third kappa shape index (κ3) is 4.11. The zero-order valence-corrected chi connectivity index (χ0v) is 16.3. The van der Waals surface area contributed by atoms with Gasteiger partial charge in [0, 0.05) is 32.5 Å². The predicted octanol–water partition coefficient (Wildman–Crippen LogP) is 3.12. The van der Waals surface area contributed by atoms with Crippen LogP contribution in [-0.4, -0.2) is 41.0 Å². The first-order valence-corrected chi connectivity index (χ1v) is 8.65. The molecule has 0 radical (unpaired) electrons. The van der Waals surface area contributed by atoms with Crippen molar-refractivity contribution in [2.45, 2.75) is 39.9 Å². The molecule has 1 aromatic carbocycles. The minimum absolute atomic E-state index is 0.0633. The van der Waals surface area contributed by atoms with Gasteiger partial charge in [-0.2, -0.15) is 10.2 Å². The Hall–Kier alpha value is -2.67. The highest BCUT2D eigenvalue weighted by atomic mass is 16.5. The summed E-state index contributed by atoms with van der Waals surface area (Å²) in [6, 6.07) is 7.70. The summed E-state index contributed by atoms with van der Waals surface area (Å²) in [5, 5.41) is 10.5. The van der Waals surface area contributed by atoms with Crippen LogP contribution in [-0.2, 0) is 0 Å². The van der Waals surface area contributed by atoms with Crippen molar-refractivity contribution in [3.8, 4) is 5.75 Å². The van der Waals surface area contributed by atoms with Crippen molar-refractivity contribution in [1.82, 2.24) is 14.8 Å². The summed E-state index contributed by atoms with van der Waals surface area (Å²) in [4.78, 5) is 4.34. The first kappa shape index (κ1) is 19.7. The van der Waals surface area contributed by atoms with Crippen LogP contribution in [0.25, 0.3) is 0 Å². The molecular weight excluding hydrogens is 328 g/mol. The Labute approximate surface area is 155 Å². The molecule has 0 amide bonds. The second-order valence-electron chi connectivity index (χ2n) is 6.13. The van der Waals surface area contributed by atoms with Gasteiger partial charge in [-0.05, 0) is 51.0 Å². The van der Waals surface area contributed by atoms with E-state index in [0.717, 1.165) is 22.6 Å². The van der Waals surface area contributed by atoms with Crippen LogP contribution in [0.2, 0.25) is 0 Å². The molecule has 2 N–H and O–H groups in total. The van der Waals surface area contributed by atoms with Crippen molar-refractivity contribution < 1.29 is 4.74 Å². The number of ether oxygens (including phenoxy) is 1. The summed E-state index contributed by atoms with van der Waals surface area (Å²) >= 11 is 0. The van der Waals surface area contributed by atoms with Crippen LogP contribution >= 0.6 is 0 Å². The van der Waals surface area contributed by atoms with Crippen LogP contribution < -0.4 is 10.5 Å². The normalized spacial score (nSPS) is 14.5. The summed E-state index contributed by atoms with van der Waals surface area (Å²) in [6.07, 6.45) is 3.39. The maximum Gasteiger partial charge on any atom is 0.240 e. The van der Waals surface area contributed by atoms with Crippen molar-refractivity contribution in [2.24, 2.45) is 15.8 Å². The zero-order valence-electron chi connectivity index (χ0n) is 16.3. The van der Waals surface area contributed by atoms with Gasteiger partial charge in [0.25, 0.3) is 0 Å². The highest BCUT2D eigenvalue weighted by Gasteiger charge is 2.19. The molecule has 2 aromatic rings. The third-order valence-corrected chi connectivity index (χ3v) is 4.31. The Balaban J connectivity index is 2.35. The number of benzene rings is 1. The van der Waals surface area contributed by atoms with Crippen molar-refractivity contribution in [3.63, 3.8) is 0 Å². The van der Waals surface area contributed by atoms with Crippen molar-refractivity contribution >= 4 is 12.1 Å². The SMILES string of the molecule is C/C=N\N(C)C(C)n1nccc1/C(=N\C)Oc1cccc(C(C)N)c1C. The lowest BCUT2D eigenvalue weighted by Crippen LogP contribution is -2.27. The second kappa shape index (κ2) is 8.62. The maximum absolute atomic E-state index is 6.14. The van der Waals surface area contributed by atoms with Crippen molar-refractivity contribution in [1.29, 1.82) is 0 Å². The first-order chi connectivity index (χ1) is 12.4. The third-order valence-electron chi connectivity index (χ3n) is 4.31. The molecule has 140 valence electrons. The van der Waals surface area contributed by atoms with Gasteiger partial charge >= 0.3 is 0 Å². The molecule has 0 fully saturated rings. The van der Waals surface area contributed by atoms with Crippen LogP contribution in [0.3, 0.4) is 0 Å². The highest BCUT2D eigenvalue weighted by molar-refractivity contribution is 5.94. The fourth-order valence-corrected chi connectivity index (χ4v) is 2.77. The molecule has 0 saturated carbocycles. The van der Waals surface area contributed by atoms with E-state index >= 15 is 0 Å². The average Bonchev–Trinajstić information content (AvgIpc) is 3.09. The lowest BCUT2D eigenvalue weighted by molar-refractivity contribution is 0.187. The van der Waals surface area contributed by atoms with Crippen molar-refractivity contribution in [2.75, 3.05) is 14.1 Å². The van der Waals surface area contributed by atoms with Gasteiger partial charge in [-0.1, -0.05) is 12.1 Å². The van der Waals surface area contributed by atoms with E-state index < -0.39 is 0 Å². The molecule has 0 aliphatic heterocycles. The van der Waals surface area contributed by atoms with Gasteiger partial charge in [-0.25, -0.2) is 4.68 Å². The second-order valence-corrected chi connectivity index (χ2v) is 6.13. The van der Waals surface area contributed by atoms with Gasteiger partial charge in [0.2, 0.25) is 5.90 Å². The molecule has 0 aliphatic rings. The van der Waals surface area contributed by atoms with Crippen LogP contribution in [0.15, 0.2) is 40.6 Å². The van der Waals surface area contributed by atoms with Crippen LogP contribution in [0.4, 0.5) is 0 Å². The Bertz CT molecular complexity index is 793. The molecule has 7 heteroatoms. The summed E-state index contributed by atoms with van der Waals surface area (Å²) in [5.74, 6) is 1.23. The van der Waals surface area contributed by atoms with Crippen molar-refractivity contribution in [3.05, 3.63) is 47.3 Å². The molecule has 2 unspecified atom stereocenters.